The number of esters is 1. The first kappa shape index (κ1) is 28.2. The number of carbonyl (C=O) groups excluding carboxylic acids is 2. The Balaban J connectivity index is 1.62. The molecule has 3 aromatic rings. The zero-order chi connectivity index (χ0) is 27.9. The third-order valence-electron chi connectivity index (χ3n) is 5.36. The molecule has 0 aliphatic carbocycles. The standard InChI is InChI=1S/C26H26N4O7S/c1-17(2)24(29-38(35,36)21-14-8-18(3)9-15-21)25(31)28-27-16-19-10-12-20(13-11-19)37-26(32)22-6-4-5-7-23(22)30(33)34/h4-17,24,29H,1-3H3,(H,28,31)/b27-16-/t24-/m0/s1. The van der Waals surface area contributed by atoms with Gasteiger partial charge in [0, 0.05) is 6.07 Å². The molecule has 1 atom stereocenters. The average molecular weight is 539 g/mol. The van der Waals surface area contributed by atoms with Gasteiger partial charge in [-0.15, -0.1) is 0 Å². The Bertz CT molecular complexity index is 1450. The molecule has 0 bridgehead atoms. The van der Waals surface area contributed by atoms with E-state index in [4.69, 9.17) is 4.74 Å². The van der Waals surface area contributed by atoms with Gasteiger partial charge in [-0.05, 0) is 60.9 Å². The minimum atomic E-state index is -3.93. The molecule has 3 rings (SSSR count). The van der Waals surface area contributed by atoms with E-state index in [2.05, 4.69) is 15.2 Å². The predicted molar refractivity (Wildman–Crippen MR) is 140 cm³/mol. The van der Waals surface area contributed by atoms with Gasteiger partial charge in [-0.3, -0.25) is 14.9 Å². The molecular weight excluding hydrogens is 512 g/mol. The van der Waals surface area contributed by atoms with Crippen molar-refractivity contribution in [3.05, 3.63) is 99.6 Å². The summed E-state index contributed by atoms with van der Waals surface area (Å²) in [6.45, 7) is 5.25. The molecule has 0 aliphatic heterocycles. The van der Waals surface area contributed by atoms with Gasteiger partial charge in [-0.2, -0.15) is 9.82 Å². The van der Waals surface area contributed by atoms with E-state index >= 15 is 0 Å². The average Bonchev–Trinajstić information content (AvgIpc) is 2.88. The van der Waals surface area contributed by atoms with Crippen LogP contribution in [-0.4, -0.2) is 37.5 Å². The highest BCUT2D eigenvalue weighted by molar-refractivity contribution is 7.89. The number of rotatable bonds is 10. The predicted octanol–water partition coefficient (Wildman–Crippen LogP) is 3.58. The molecule has 12 heteroatoms. The number of hydrogen-bond donors (Lipinski definition) is 2. The number of hydrogen-bond acceptors (Lipinski definition) is 8. The molecule has 0 heterocycles. The first-order valence-corrected chi connectivity index (χ1v) is 12.9. The van der Waals surface area contributed by atoms with Crippen LogP contribution < -0.4 is 14.9 Å². The second-order valence-corrected chi connectivity index (χ2v) is 10.3. The summed E-state index contributed by atoms with van der Waals surface area (Å²) in [5, 5.41) is 15.0. The largest absolute Gasteiger partial charge is 0.423 e. The third kappa shape index (κ3) is 7.31. The number of nitrogens with zero attached hydrogens (tertiary/aromatic N) is 2. The summed E-state index contributed by atoms with van der Waals surface area (Å²) >= 11 is 0. The molecule has 38 heavy (non-hydrogen) atoms. The van der Waals surface area contributed by atoms with Crippen molar-refractivity contribution >= 4 is 33.8 Å². The number of nitro benzene ring substituents is 1. The second-order valence-electron chi connectivity index (χ2n) is 8.62. The van der Waals surface area contributed by atoms with E-state index in [-0.39, 0.29) is 27.8 Å². The summed E-state index contributed by atoms with van der Waals surface area (Å²) in [5.74, 6) is -1.72. The van der Waals surface area contributed by atoms with Gasteiger partial charge in [-0.1, -0.05) is 43.7 Å². The van der Waals surface area contributed by atoms with Crippen LogP contribution in [0.1, 0.15) is 35.3 Å². The summed E-state index contributed by atoms with van der Waals surface area (Å²) < 4.78 is 33.1. The Labute approximate surface area is 219 Å². The summed E-state index contributed by atoms with van der Waals surface area (Å²) in [6.07, 6.45) is 1.33. The third-order valence-corrected chi connectivity index (χ3v) is 6.82. The maximum absolute atomic E-state index is 12.7. The van der Waals surface area contributed by atoms with Crippen molar-refractivity contribution in [2.45, 2.75) is 31.7 Å². The van der Waals surface area contributed by atoms with Crippen molar-refractivity contribution in [1.82, 2.24) is 10.1 Å². The van der Waals surface area contributed by atoms with Crippen LogP contribution in [0.3, 0.4) is 0 Å². The molecule has 0 saturated heterocycles. The van der Waals surface area contributed by atoms with E-state index < -0.39 is 32.9 Å². The zero-order valence-electron chi connectivity index (χ0n) is 20.8. The maximum atomic E-state index is 12.7. The number of nitrogens with one attached hydrogen (secondary N) is 2. The Kier molecular flexibility index (Phi) is 9.05. The van der Waals surface area contributed by atoms with E-state index in [0.717, 1.165) is 5.56 Å². The van der Waals surface area contributed by atoms with Gasteiger partial charge in [0.25, 0.3) is 11.6 Å². The van der Waals surface area contributed by atoms with E-state index in [9.17, 15) is 28.1 Å². The number of amides is 1. The quantitative estimate of drug-likeness (QED) is 0.131. The lowest BCUT2D eigenvalue weighted by Gasteiger charge is -2.20. The summed E-state index contributed by atoms with van der Waals surface area (Å²) in [4.78, 5) is 35.5. The smallest absolute Gasteiger partial charge is 0.350 e. The number of para-hydroxylation sites is 1. The molecule has 11 nitrogen and oxygen atoms in total. The molecule has 2 N–H and O–H groups in total. The maximum Gasteiger partial charge on any atom is 0.350 e. The van der Waals surface area contributed by atoms with Crippen LogP contribution in [0.15, 0.2) is 82.8 Å². The van der Waals surface area contributed by atoms with Crippen molar-refractivity contribution in [1.29, 1.82) is 0 Å². The van der Waals surface area contributed by atoms with Crippen molar-refractivity contribution in [3.63, 3.8) is 0 Å². The number of carbonyl (C=O) groups is 2. The van der Waals surface area contributed by atoms with Crippen molar-refractivity contribution in [2.24, 2.45) is 11.0 Å². The van der Waals surface area contributed by atoms with E-state index in [1.807, 2.05) is 6.92 Å². The summed E-state index contributed by atoms with van der Waals surface area (Å²) in [5.41, 5.74) is 3.24. The Hall–Kier alpha value is -4.42. The molecule has 0 fully saturated rings. The van der Waals surface area contributed by atoms with Crippen LogP contribution in [0.4, 0.5) is 5.69 Å². The molecule has 0 saturated carbocycles. The van der Waals surface area contributed by atoms with Crippen LogP contribution >= 0.6 is 0 Å². The monoisotopic (exact) mass is 538 g/mol. The first-order chi connectivity index (χ1) is 18.0. The fourth-order valence-corrected chi connectivity index (χ4v) is 4.62. The molecule has 0 radical (unpaired) electrons. The summed E-state index contributed by atoms with van der Waals surface area (Å²) in [6, 6.07) is 16.7. The molecule has 1 amide bonds. The molecule has 0 aliphatic rings. The Morgan fingerprint density at radius 2 is 1.63 bits per heavy atom. The van der Waals surface area contributed by atoms with E-state index in [1.54, 1.807) is 38.1 Å². The second kappa shape index (κ2) is 12.2. The van der Waals surface area contributed by atoms with Crippen LogP contribution in [0, 0.1) is 23.0 Å². The highest BCUT2D eigenvalue weighted by Gasteiger charge is 2.28. The van der Waals surface area contributed by atoms with Crippen molar-refractivity contribution in [2.75, 3.05) is 0 Å². The molecular formula is C26H26N4O7S. The van der Waals surface area contributed by atoms with Gasteiger partial charge in [-0.25, -0.2) is 18.6 Å². The van der Waals surface area contributed by atoms with Gasteiger partial charge in [0.1, 0.15) is 17.4 Å². The summed E-state index contributed by atoms with van der Waals surface area (Å²) in [7, 11) is -3.93. The SMILES string of the molecule is Cc1ccc(S(=O)(=O)N[C@H](C(=O)N/N=C\c2ccc(OC(=O)c3ccccc3[N+](=O)[O-])cc2)C(C)C)cc1. The minimum absolute atomic E-state index is 0.0488. The number of nitro groups is 1. The number of aryl methyl sites for hydroxylation is 1. The topological polar surface area (TPSA) is 157 Å². The molecule has 0 unspecified atom stereocenters. The minimum Gasteiger partial charge on any atom is -0.423 e. The lowest BCUT2D eigenvalue weighted by Crippen LogP contribution is -2.48. The highest BCUT2D eigenvalue weighted by atomic mass is 32.2. The normalized spacial score (nSPS) is 12.3. The van der Waals surface area contributed by atoms with Gasteiger partial charge in [0.15, 0.2) is 0 Å². The first-order valence-electron chi connectivity index (χ1n) is 11.5. The van der Waals surface area contributed by atoms with Gasteiger partial charge in [0.05, 0.1) is 16.0 Å². The Morgan fingerprint density at radius 1 is 1.00 bits per heavy atom. The number of benzene rings is 3. The van der Waals surface area contributed by atoms with Crippen LogP contribution in [0.5, 0.6) is 5.75 Å². The van der Waals surface area contributed by atoms with Gasteiger partial charge < -0.3 is 4.74 Å². The van der Waals surface area contributed by atoms with Crippen molar-refractivity contribution in [3.8, 4) is 5.75 Å². The molecule has 0 spiro atoms. The number of ether oxygens (including phenoxy) is 1. The van der Waals surface area contributed by atoms with Crippen LogP contribution in [-0.2, 0) is 14.8 Å². The molecule has 0 aromatic heterocycles. The number of hydrazone groups is 1. The fourth-order valence-electron chi connectivity index (χ4n) is 3.27. The van der Waals surface area contributed by atoms with E-state index in [0.29, 0.717) is 5.56 Å². The van der Waals surface area contributed by atoms with Gasteiger partial charge in [0.2, 0.25) is 10.0 Å². The van der Waals surface area contributed by atoms with Crippen molar-refractivity contribution < 1.29 is 27.7 Å². The lowest BCUT2D eigenvalue weighted by atomic mass is 10.1. The van der Waals surface area contributed by atoms with Crippen LogP contribution in [0.25, 0.3) is 0 Å². The van der Waals surface area contributed by atoms with E-state index in [1.165, 1.54) is 54.7 Å². The molecule has 198 valence electrons. The van der Waals surface area contributed by atoms with Gasteiger partial charge >= 0.3 is 5.97 Å². The zero-order valence-corrected chi connectivity index (χ0v) is 21.6. The fraction of sp³-hybridized carbons (Fsp3) is 0.192. The number of sulfonamides is 1. The lowest BCUT2D eigenvalue weighted by molar-refractivity contribution is -0.385. The molecule has 3 aromatic carbocycles. The Morgan fingerprint density at radius 3 is 2.24 bits per heavy atom. The highest BCUT2D eigenvalue weighted by Crippen LogP contribution is 2.21. The van der Waals surface area contributed by atoms with Crippen LogP contribution in [0.2, 0.25) is 0 Å².